The topological polar surface area (TPSA) is 26.3 Å². The summed E-state index contributed by atoms with van der Waals surface area (Å²) in [6.07, 6.45) is 2.86. The molecule has 0 N–H and O–H groups in total. The standard InChI is InChI=1S/C7H8Cl2O2/c8-7(9)4-2-1-3-5(4)11-6(7)10/h4-5H,1-3H2/t4-,5+/m1/s1. The summed E-state index contributed by atoms with van der Waals surface area (Å²) in [6, 6.07) is 0. The normalized spacial score (nSPS) is 40.4. The Labute approximate surface area is 74.8 Å². The lowest BCUT2D eigenvalue weighted by molar-refractivity contribution is -0.142. The molecule has 2 fully saturated rings. The predicted octanol–water partition coefficient (Wildman–Crippen LogP) is 1.89. The van der Waals surface area contributed by atoms with Crippen LogP contribution in [-0.4, -0.2) is 16.4 Å². The number of carbonyl (C=O) groups excluding carboxylic acids is 1. The molecule has 0 bridgehead atoms. The highest BCUT2D eigenvalue weighted by molar-refractivity contribution is 6.58. The van der Waals surface area contributed by atoms with Gasteiger partial charge < -0.3 is 4.74 Å². The van der Waals surface area contributed by atoms with Crippen molar-refractivity contribution in [2.75, 3.05) is 0 Å². The maximum Gasteiger partial charge on any atom is 0.343 e. The molecule has 0 aromatic heterocycles. The number of ether oxygens (including phenoxy) is 1. The van der Waals surface area contributed by atoms with E-state index in [9.17, 15) is 4.79 Å². The van der Waals surface area contributed by atoms with Gasteiger partial charge in [-0.3, -0.25) is 0 Å². The number of carbonyl (C=O) groups is 1. The Morgan fingerprint density at radius 2 is 2.18 bits per heavy atom. The first kappa shape index (κ1) is 7.69. The van der Waals surface area contributed by atoms with Crippen molar-refractivity contribution >= 4 is 29.2 Å². The van der Waals surface area contributed by atoms with Crippen LogP contribution in [0.4, 0.5) is 0 Å². The molecular formula is C7H8Cl2O2. The minimum Gasteiger partial charge on any atom is -0.460 e. The van der Waals surface area contributed by atoms with E-state index in [4.69, 9.17) is 27.9 Å². The summed E-state index contributed by atoms with van der Waals surface area (Å²) in [5.74, 6) is -0.436. The lowest BCUT2D eigenvalue weighted by Gasteiger charge is -2.13. The fraction of sp³-hybridized carbons (Fsp3) is 0.857. The fourth-order valence-corrected chi connectivity index (χ4v) is 2.44. The molecule has 2 rings (SSSR count). The molecule has 1 saturated carbocycles. The zero-order chi connectivity index (χ0) is 8.06. The minimum atomic E-state index is -1.26. The molecule has 0 amide bonds. The van der Waals surface area contributed by atoms with Crippen LogP contribution in [0, 0.1) is 5.92 Å². The molecule has 0 aromatic carbocycles. The molecule has 0 radical (unpaired) electrons. The average molecular weight is 195 g/mol. The van der Waals surface area contributed by atoms with Crippen LogP contribution in [-0.2, 0) is 9.53 Å². The number of hydrogen-bond donors (Lipinski definition) is 0. The Morgan fingerprint density at radius 1 is 1.45 bits per heavy atom. The molecule has 0 spiro atoms. The van der Waals surface area contributed by atoms with Crippen LogP contribution in [0.15, 0.2) is 0 Å². The molecule has 1 aliphatic carbocycles. The van der Waals surface area contributed by atoms with E-state index in [-0.39, 0.29) is 12.0 Å². The highest BCUT2D eigenvalue weighted by Crippen LogP contribution is 2.48. The number of hydrogen-bond acceptors (Lipinski definition) is 2. The minimum absolute atomic E-state index is 0.0162. The number of esters is 1. The van der Waals surface area contributed by atoms with Crippen molar-refractivity contribution in [3.8, 4) is 0 Å². The molecule has 1 heterocycles. The van der Waals surface area contributed by atoms with E-state index < -0.39 is 10.3 Å². The maximum atomic E-state index is 11.0. The largest absolute Gasteiger partial charge is 0.460 e. The van der Waals surface area contributed by atoms with E-state index in [0.717, 1.165) is 19.3 Å². The average Bonchev–Trinajstić information content (AvgIpc) is 2.41. The van der Waals surface area contributed by atoms with Gasteiger partial charge in [0, 0.05) is 5.92 Å². The van der Waals surface area contributed by atoms with Crippen LogP contribution >= 0.6 is 23.2 Å². The van der Waals surface area contributed by atoms with Crippen molar-refractivity contribution in [2.24, 2.45) is 5.92 Å². The van der Waals surface area contributed by atoms with Crippen molar-refractivity contribution in [2.45, 2.75) is 29.7 Å². The van der Waals surface area contributed by atoms with Gasteiger partial charge in [0.2, 0.25) is 4.33 Å². The molecule has 2 nitrogen and oxygen atoms in total. The van der Waals surface area contributed by atoms with Crippen LogP contribution in [0.3, 0.4) is 0 Å². The SMILES string of the molecule is O=C1O[C@H]2CCC[C@H]2C1(Cl)Cl. The summed E-state index contributed by atoms with van der Waals surface area (Å²) in [5.41, 5.74) is 0. The zero-order valence-corrected chi connectivity index (χ0v) is 7.36. The first-order valence-electron chi connectivity index (χ1n) is 3.71. The van der Waals surface area contributed by atoms with Crippen molar-refractivity contribution in [3.05, 3.63) is 0 Å². The predicted molar refractivity (Wildman–Crippen MR) is 41.7 cm³/mol. The Kier molecular flexibility index (Phi) is 1.58. The van der Waals surface area contributed by atoms with E-state index >= 15 is 0 Å². The molecule has 62 valence electrons. The van der Waals surface area contributed by atoms with Crippen LogP contribution in [0.25, 0.3) is 0 Å². The van der Waals surface area contributed by atoms with Gasteiger partial charge in [-0.1, -0.05) is 23.2 Å². The maximum absolute atomic E-state index is 11.0. The van der Waals surface area contributed by atoms with Gasteiger partial charge in [0.25, 0.3) is 0 Å². The smallest absolute Gasteiger partial charge is 0.343 e. The summed E-state index contributed by atoms with van der Waals surface area (Å²) in [4.78, 5) is 11.0. The van der Waals surface area contributed by atoms with Gasteiger partial charge in [0.15, 0.2) is 0 Å². The number of rotatable bonds is 0. The van der Waals surface area contributed by atoms with Gasteiger partial charge in [-0.15, -0.1) is 0 Å². The first-order chi connectivity index (χ1) is 5.12. The second-order valence-corrected chi connectivity index (χ2v) is 4.49. The second-order valence-electron chi connectivity index (χ2n) is 3.10. The molecule has 1 saturated heterocycles. The fourth-order valence-electron chi connectivity index (χ4n) is 1.85. The third kappa shape index (κ3) is 0.960. The number of alkyl halides is 2. The second kappa shape index (κ2) is 2.27. The van der Waals surface area contributed by atoms with Crippen LogP contribution in [0.5, 0.6) is 0 Å². The van der Waals surface area contributed by atoms with Crippen molar-refractivity contribution in [1.29, 1.82) is 0 Å². The molecule has 1 aliphatic heterocycles. The third-order valence-electron chi connectivity index (χ3n) is 2.45. The molecule has 0 unspecified atom stereocenters. The van der Waals surface area contributed by atoms with E-state index in [1.54, 1.807) is 0 Å². The lowest BCUT2D eigenvalue weighted by Crippen LogP contribution is -2.27. The monoisotopic (exact) mass is 194 g/mol. The van der Waals surface area contributed by atoms with Crippen LogP contribution in [0.2, 0.25) is 0 Å². The van der Waals surface area contributed by atoms with Crippen LogP contribution in [0.1, 0.15) is 19.3 Å². The molecule has 4 heteroatoms. The third-order valence-corrected chi connectivity index (χ3v) is 3.32. The summed E-state index contributed by atoms with van der Waals surface area (Å²) >= 11 is 11.6. The van der Waals surface area contributed by atoms with Crippen molar-refractivity contribution < 1.29 is 9.53 Å². The van der Waals surface area contributed by atoms with E-state index in [1.165, 1.54) is 0 Å². The summed E-state index contributed by atoms with van der Waals surface area (Å²) < 4.78 is 3.73. The summed E-state index contributed by atoms with van der Waals surface area (Å²) in [7, 11) is 0. The Balaban J connectivity index is 2.27. The number of fused-ring (bicyclic) bond motifs is 1. The van der Waals surface area contributed by atoms with Crippen molar-refractivity contribution in [1.82, 2.24) is 0 Å². The van der Waals surface area contributed by atoms with Gasteiger partial charge in [0.05, 0.1) is 0 Å². The van der Waals surface area contributed by atoms with Gasteiger partial charge in [-0.2, -0.15) is 0 Å². The molecule has 11 heavy (non-hydrogen) atoms. The summed E-state index contributed by atoms with van der Waals surface area (Å²) in [6.45, 7) is 0. The quantitative estimate of drug-likeness (QED) is 0.435. The van der Waals surface area contributed by atoms with E-state index in [0.29, 0.717) is 0 Å². The molecule has 0 aromatic rings. The number of halogens is 2. The van der Waals surface area contributed by atoms with E-state index in [2.05, 4.69) is 0 Å². The summed E-state index contributed by atoms with van der Waals surface area (Å²) in [5, 5.41) is 0. The molecular weight excluding hydrogens is 187 g/mol. The van der Waals surface area contributed by atoms with Crippen LogP contribution < -0.4 is 0 Å². The van der Waals surface area contributed by atoms with Gasteiger partial charge >= 0.3 is 5.97 Å². The Hall–Kier alpha value is 0.0500. The first-order valence-corrected chi connectivity index (χ1v) is 4.47. The molecule has 2 aliphatic rings. The van der Waals surface area contributed by atoms with E-state index in [1.807, 2.05) is 0 Å². The molecule has 2 atom stereocenters. The zero-order valence-electron chi connectivity index (χ0n) is 5.85. The highest BCUT2D eigenvalue weighted by Gasteiger charge is 2.56. The van der Waals surface area contributed by atoms with Crippen molar-refractivity contribution in [3.63, 3.8) is 0 Å². The lowest BCUT2D eigenvalue weighted by atomic mass is 10.0. The Morgan fingerprint density at radius 3 is 2.82 bits per heavy atom. The van der Waals surface area contributed by atoms with Gasteiger partial charge in [-0.25, -0.2) is 4.79 Å². The Bertz CT molecular complexity index is 203. The van der Waals surface area contributed by atoms with Gasteiger partial charge in [-0.05, 0) is 19.3 Å². The van der Waals surface area contributed by atoms with Gasteiger partial charge in [0.1, 0.15) is 6.10 Å². The highest BCUT2D eigenvalue weighted by atomic mass is 35.5.